The van der Waals surface area contributed by atoms with E-state index < -0.39 is 5.97 Å². The summed E-state index contributed by atoms with van der Waals surface area (Å²) < 4.78 is 11.1. The number of rotatable bonds is 4. The molecule has 86 valence electrons. The van der Waals surface area contributed by atoms with Crippen LogP contribution in [0.1, 0.15) is 13.8 Å². The maximum absolute atomic E-state index is 11.1. The highest BCUT2D eigenvalue weighted by Crippen LogP contribution is 2.19. The van der Waals surface area contributed by atoms with Gasteiger partial charge >= 0.3 is 5.97 Å². The van der Waals surface area contributed by atoms with Gasteiger partial charge in [-0.3, -0.25) is 0 Å². The van der Waals surface area contributed by atoms with Gasteiger partial charge in [-0.1, -0.05) is 22.0 Å². The second-order valence-corrected chi connectivity index (χ2v) is 3.98. The minimum absolute atomic E-state index is 0.361. The van der Waals surface area contributed by atoms with Gasteiger partial charge in [0.2, 0.25) is 0 Å². The summed E-state index contributed by atoms with van der Waals surface area (Å²) in [5.41, 5.74) is 0. The van der Waals surface area contributed by atoms with E-state index >= 15 is 0 Å². The first kappa shape index (κ1) is 12.8. The molecule has 0 aliphatic carbocycles. The first-order valence-electron chi connectivity index (χ1n) is 4.90. The smallest absolute Gasteiger partial charge is 0.334 e. The molecule has 0 unspecified atom stereocenters. The Kier molecular flexibility index (Phi) is 5.05. The lowest BCUT2D eigenvalue weighted by atomic mass is 10.3. The average molecular weight is 285 g/mol. The van der Waals surface area contributed by atoms with Gasteiger partial charge < -0.3 is 9.47 Å². The molecular formula is C12H13BrO3. The summed E-state index contributed by atoms with van der Waals surface area (Å²) in [6.45, 7) is 3.83. The molecule has 0 bridgehead atoms. The van der Waals surface area contributed by atoms with Crippen LogP contribution in [0.3, 0.4) is 0 Å². The highest BCUT2D eigenvalue weighted by atomic mass is 79.9. The van der Waals surface area contributed by atoms with Crippen molar-refractivity contribution >= 4 is 21.9 Å². The van der Waals surface area contributed by atoms with E-state index in [2.05, 4.69) is 15.9 Å². The molecule has 0 spiro atoms. The summed E-state index contributed by atoms with van der Waals surface area (Å²) in [4.78, 5) is 11.1. The van der Waals surface area contributed by atoms with Crippen molar-refractivity contribution in [3.8, 4) is 5.75 Å². The van der Waals surface area contributed by atoms with Gasteiger partial charge in [-0.05, 0) is 32.0 Å². The van der Waals surface area contributed by atoms with Crippen molar-refractivity contribution in [1.29, 1.82) is 0 Å². The van der Waals surface area contributed by atoms with Crippen molar-refractivity contribution in [1.82, 2.24) is 0 Å². The molecule has 1 aromatic carbocycles. The number of carbonyl (C=O) groups excluding carboxylic acids is 1. The summed E-state index contributed by atoms with van der Waals surface area (Å²) in [7, 11) is 0. The molecule has 0 heterocycles. The van der Waals surface area contributed by atoms with Gasteiger partial charge in [0.15, 0.2) is 0 Å². The maximum Gasteiger partial charge on any atom is 0.334 e. The topological polar surface area (TPSA) is 35.5 Å². The van der Waals surface area contributed by atoms with Crippen molar-refractivity contribution in [2.45, 2.75) is 13.8 Å². The van der Waals surface area contributed by atoms with E-state index in [4.69, 9.17) is 9.47 Å². The quantitative estimate of drug-likeness (QED) is 0.484. The number of benzene rings is 1. The zero-order chi connectivity index (χ0) is 12.0. The molecule has 1 aromatic rings. The first-order chi connectivity index (χ1) is 7.61. The van der Waals surface area contributed by atoms with E-state index in [1.165, 1.54) is 6.08 Å². The van der Waals surface area contributed by atoms with Crippen LogP contribution in [0.4, 0.5) is 0 Å². The molecule has 1 rings (SSSR count). The van der Waals surface area contributed by atoms with Crippen molar-refractivity contribution in [2.75, 3.05) is 6.61 Å². The number of allylic oxidation sites excluding steroid dienone is 1. The fourth-order valence-electron chi connectivity index (χ4n) is 1.10. The van der Waals surface area contributed by atoms with Gasteiger partial charge in [0, 0.05) is 4.47 Å². The molecule has 0 aliphatic rings. The molecule has 0 saturated heterocycles. The Morgan fingerprint density at radius 1 is 1.50 bits per heavy atom. The fraction of sp³-hybridized carbons (Fsp3) is 0.250. The minimum atomic E-state index is -0.394. The van der Waals surface area contributed by atoms with Crippen LogP contribution in [0.2, 0.25) is 0 Å². The van der Waals surface area contributed by atoms with Crippen LogP contribution in [0.5, 0.6) is 5.75 Å². The molecular weight excluding hydrogens is 272 g/mol. The Balaban J connectivity index is 2.63. The monoisotopic (exact) mass is 284 g/mol. The number of carbonyl (C=O) groups is 1. The Hall–Kier alpha value is -1.29. The second-order valence-electron chi connectivity index (χ2n) is 3.07. The molecule has 0 saturated carbocycles. The lowest BCUT2D eigenvalue weighted by Crippen LogP contribution is -2.02. The summed E-state index contributed by atoms with van der Waals surface area (Å²) in [5, 5.41) is 0. The van der Waals surface area contributed by atoms with Gasteiger partial charge in [0.25, 0.3) is 0 Å². The number of ether oxygens (including phenoxy) is 2. The summed E-state index contributed by atoms with van der Waals surface area (Å²) in [5.74, 6) is 0.777. The van der Waals surface area contributed by atoms with Gasteiger partial charge in [0.1, 0.15) is 11.5 Å². The van der Waals surface area contributed by atoms with E-state index in [1.54, 1.807) is 13.8 Å². The molecule has 4 heteroatoms. The summed E-state index contributed by atoms with van der Waals surface area (Å²) >= 11 is 3.34. The van der Waals surface area contributed by atoms with Gasteiger partial charge in [-0.15, -0.1) is 0 Å². The zero-order valence-electron chi connectivity index (χ0n) is 9.20. The zero-order valence-corrected chi connectivity index (χ0v) is 10.8. The normalized spacial score (nSPS) is 11.1. The number of hydrogen-bond donors (Lipinski definition) is 0. The van der Waals surface area contributed by atoms with Crippen LogP contribution >= 0.6 is 15.9 Å². The van der Waals surface area contributed by atoms with Crippen molar-refractivity contribution < 1.29 is 14.3 Å². The van der Waals surface area contributed by atoms with Crippen LogP contribution < -0.4 is 4.74 Å². The summed E-state index contributed by atoms with van der Waals surface area (Å²) in [6, 6.07) is 7.39. The van der Waals surface area contributed by atoms with Crippen molar-refractivity contribution in [3.63, 3.8) is 0 Å². The van der Waals surface area contributed by atoms with Crippen LogP contribution in [0.25, 0.3) is 0 Å². The second kappa shape index (κ2) is 6.33. The molecule has 0 radical (unpaired) electrons. The predicted octanol–water partition coefficient (Wildman–Crippen LogP) is 3.29. The van der Waals surface area contributed by atoms with Crippen LogP contribution in [-0.4, -0.2) is 12.6 Å². The van der Waals surface area contributed by atoms with Gasteiger partial charge in [-0.25, -0.2) is 4.79 Å². The fourth-order valence-corrected chi connectivity index (χ4v) is 1.47. The van der Waals surface area contributed by atoms with Crippen molar-refractivity contribution in [3.05, 3.63) is 40.6 Å². The Morgan fingerprint density at radius 3 is 2.88 bits per heavy atom. The number of esters is 1. The molecule has 0 N–H and O–H groups in total. The Bertz CT molecular complexity index is 399. The minimum Gasteiger partial charge on any atom is -0.463 e. The van der Waals surface area contributed by atoms with E-state index in [0.29, 0.717) is 18.1 Å². The standard InChI is InChI=1S/C12H13BrO3/c1-3-15-12(14)7-9(2)16-11-6-4-5-10(13)8-11/h4-8H,3H2,1-2H3/b9-7-. The Morgan fingerprint density at radius 2 is 2.25 bits per heavy atom. The third-order valence-corrected chi connectivity index (χ3v) is 2.18. The van der Waals surface area contributed by atoms with Crippen LogP contribution in [0, 0.1) is 0 Å². The average Bonchev–Trinajstić information content (AvgIpc) is 2.17. The molecule has 0 aliphatic heterocycles. The molecule has 0 fully saturated rings. The van der Waals surface area contributed by atoms with E-state index in [1.807, 2.05) is 24.3 Å². The largest absolute Gasteiger partial charge is 0.463 e. The van der Waals surface area contributed by atoms with Crippen LogP contribution in [-0.2, 0) is 9.53 Å². The molecule has 0 aromatic heterocycles. The molecule has 16 heavy (non-hydrogen) atoms. The molecule has 0 atom stereocenters. The lowest BCUT2D eigenvalue weighted by Gasteiger charge is -2.05. The third-order valence-electron chi connectivity index (χ3n) is 1.68. The highest BCUT2D eigenvalue weighted by Gasteiger charge is 2.00. The maximum atomic E-state index is 11.1. The van der Waals surface area contributed by atoms with E-state index in [0.717, 1.165) is 4.47 Å². The van der Waals surface area contributed by atoms with E-state index in [-0.39, 0.29) is 0 Å². The van der Waals surface area contributed by atoms with Gasteiger partial charge in [0.05, 0.1) is 12.7 Å². The highest BCUT2D eigenvalue weighted by molar-refractivity contribution is 9.10. The molecule has 0 amide bonds. The summed E-state index contributed by atoms with van der Waals surface area (Å²) in [6.07, 6.45) is 1.32. The SMILES string of the molecule is CCOC(=O)/C=C(/C)Oc1cccc(Br)c1. The number of hydrogen-bond acceptors (Lipinski definition) is 3. The third kappa shape index (κ3) is 4.49. The van der Waals surface area contributed by atoms with Crippen molar-refractivity contribution in [2.24, 2.45) is 0 Å². The molecule has 3 nitrogen and oxygen atoms in total. The first-order valence-corrected chi connectivity index (χ1v) is 5.69. The number of halogens is 1. The van der Waals surface area contributed by atoms with E-state index in [9.17, 15) is 4.79 Å². The predicted molar refractivity (Wildman–Crippen MR) is 65.2 cm³/mol. The van der Waals surface area contributed by atoms with Gasteiger partial charge in [-0.2, -0.15) is 0 Å². The Labute approximate surface area is 103 Å². The lowest BCUT2D eigenvalue weighted by molar-refractivity contribution is -0.137. The van der Waals surface area contributed by atoms with Crippen LogP contribution in [0.15, 0.2) is 40.6 Å².